The maximum Gasteiger partial charge on any atom is 0.338 e. The monoisotopic (exact) mass is 296 g/mol. The molecule has 1 heterocycles. The Hall–Kier alpha value is -3.15. The van der Waals surface area contributed by atoms with Crippen LogP contribution in [0.15, 0.2) is 59.3 Å². The number of nitrogens with one attached hydrogen (secondary N) is 1. The Bertz CT molecular complexity index is 811. The van der Waals surface area contributed by atoms with E-state index in [-0.39, 0.29) is 6.61 Å². The van der Waals surface area contributed by atoms with Gasteiger partial charge in [0.25, 0.3) is 5.91 Å². The third-order valence-corrected chi connectivity index (χ3v) is 2.96. The molecule has 6 heteroatoms. The third kappa shape index (κ3) is 3.12. The lowest BCUT2D eigenvalue weighted by Crippen LogP contribution is -2.20. The second-order valence-corrected chi connectivity index (χ2v) is 4.53. The first-order chi connectivity index (χ1) is 10.7. The number of para-hydroxylation sites is 1. The first-order valence-corrected chi connectivity index (χ1v) is 6.57. The number of oxazole rings is 1. The Morgan fingerprint density at radius 3 is 2.77 bits per heavy atom. The summed E-state index contributed by atoms with van der Waals surface area (Å²) in [4.78, 5) is 27.6. The van der Waals surface area contributed by atoms with Gasteiger partial charge < -0.3 is 14.5 Å². The summed E-state index contributed by atoms with van der Waals surface area (Å²) < 4.78 is 10.1. The van der Waals surface area contributed by atoms with Crippen molar-refractivity contribution >= 4 is 28.7 Å². The maximum atomic E-state index is 11.9. The third-order valence-electron chi connectivity index (χ3n) is 2.96. The highest BCUT2D eigenvalue weighted by Gasteiger charge is 2.12. The summed E-state index contributed by atoms with van der Waals surface area (Å²) in [6, 6.07) is 13.7. The summed E-state index contributed by atoms with van der Waals surface area (Å²) in [7, 11) is 0. The number of hydrogen-bond donors (Lipinski definition) is 1. The van der Waals surface area contributed by atoms with Crippen molar-refractivity contribution in [2.24, 2.45) is 0 Å². The average Bonchev–Trinajstić information content (AvgIpc) is 3.01. The summed E-state index contributed by atoms with van der Waals surface area (Å²) in [5.41, 5.74) is 2.09. The molecule has 110 valence electrons. The fourth-order valence-electron chi connectivity index (χ4n) is 1.92. The molecule has 0 fully saturated rings. The first-order valence-electron chi connectivity index (χ1n) is 6.57. The van der Waals surface area contributed by atoms with Crippen molar-refractivity contribution in [2.45, 2.75) is 0 Å². The second-order valence-electron chi connectivity index (χ2n) is 4.53. The van der Waals surface area contributed by atoms with Crippen LogP contribution in [0.2, 0.25) is 0 Å². The van der Waals surface area contributed by atoms with Crippen LogP contribution in [-0.2, 0) is 9.53 Å². The fourth-order valence-corrected chi connectivity index (χ4v) is 1.92. The van der Waals surface area contributed by atoms with Crippen molar-refractivity contribution < 1.29 is 18.7 Å². The fraction of sp³-hybridized carbons (Fsp3) is 0.0625. The molecule has 3 rings (SSSR count). The van der Waals surface area contributed by atoms with E-state index in [1.807, 2.05) is 6.07 Å². The number of esters is 1. The molecule has 3 aromatic rings. The van der Waals surface area contributed by atoms with E-state index in [0.29, 0.717) is 22.4 Å². The van der Waals surface area contributed by atoms with Gasteiger partial charge in [0.15, 0.2) is 18.6 Å². The number of carbonyl (C=O) groups is 2. The Balaban J connectivity index is 1.58. The van der Waals surface area contributed by atoms with Crippen molar-refractivity contribution in [2.75, 3.05) is 11.9 Å². The molecule has 0 saturated carbocycles. The topological polar surface area (TPSA) is 81.4 Å². The van der Waals surface area contributed by atoms with Crippen LogP contribution in [0.3, 0.4) is 0 Å². The van der Waals surface area contributed by atoms with E-state index in [0.717, 1.165) is 0 Å². The van der Waals surface area contributed by atoms with Crippen molar-refractivity contribution in [3.63, 3.8) is 0 Å². The predicted octanol–water partition coefficient (Wildman–Crippen LogP) is 2.62. The Morgan fingerprint density at radius 1 is 1.14 bits per heavy atom. The van der Waals surface area contributed by atoms with Crippen LogP contribution >= 0.6 is 0 Å². The first kappa shape index (κ1) is 13.8. The highest BCUT2D eigenvalue weighted by Crippen LogP contribution is 2.15. The molecule has 0 spiro atoms. The number of ether oxygens (including phenoxy) is 1. The summed E-state index contributed by atoms with van der Waals surface area (Å²) in [6.07, 6.45) is 1.30. The summed E-state index contributed by atoms with van der Waals surface area (Å²) in [5, 5.41) is 2.63. The van der Waals surface area contributed by atoms with E-state index < -0.39 is 11.9 Å². The molecule has 2 aromatic carbocycles. The molecule has 1 aromatic heterocycles. The average molecular weight is 296 g/mol. The van der Waals surface area contributed by atoms with Gasteiger partial charge in [0.2, 0.25) is 0 Å². The lowest BCUT2D eigenvalue weighted by atomic mass is 10.2. The van der Waals surface area contributed by atoms with Crippen LogP contribution in [0.1, 0.15) is 10.4 Å². The molecule has 0 aliphatic rings. The van der Waals surface area contributed by atoms with E-state index in [1.54, 1.807) is 36.4 Å². The largest absolute Gasteiger partial charge is 0.452 e. The molecule has 0 atom stereocenters. The van der Waals surface area contributed by atoms with E-state index in [1.165, 1.54) is 12.5 Å². The molecular weight excluding hydrogens is 284 g/mol. The van der Waals surface area contributed by atoms with Crippen molar-refractivity contribution in [3.05, 3.63) is 60.5 Å². The Morgan fingerprint density at radius 2 is 1.95 bits per heavy atom. The number of amides is 1. The summed E-state index contributed by atoms with van der Waals surface area (Å²) in [5.74, 6) is -0.998. The van der Waals surface area contributed by atoms with Crippen LogP contribution in [0.4, 0.5) is 5.69 Å². The molecule has 0 radical (unpaired) electrons. The molecule has 0 bridgehead atoms. The number of aromatic nitrogens is 1. The summed E-state index contributed by atoms with van der Waals surface area (Å²) in [6.45, 7) is -0.359. The molecule has 22 heavy (non-hydrogen) atoms. The number of nitrogens with zero attached hydrogens (tertiary/aromatic N) is 1. The molecule has 1 N–H and O–H groups in total. The molecular formula is C16H12N2O4. The van der Waals surface area contributed by atoms with Gasteiger partial charge in [-0.25, -0.2) is 9.78 Å². The zero-order chi connectivity index (χ0) is 15.4. The molecule has 1 amide bonds. The van der Waals surface area contributed by atoms with Gasteiger partial charge in [0.1, 0.15) is 5.52 Å². The lowest BCUT2D eigenvalue weighted by molar-refractivity contribution is -0.119. The smallest absolute Gasteiger partial charge is 0.338 e. The van der Waals surface area contributed by atoms with Gasteiger partial charge in [-0.05, 0) is 30.3 Å². The SMILES string of the molecule is O=C(COC(=O)c1ccc2ncoc2c1)Nc1ccccc1. The van der Waals surface area contributed by atoms with E-state index in [2.05, 4.69) is 10.3 Å². The number of anilines is 1. The zero-order valence-electron chi connectivity index (χ0n) is 11.5. The van der Waals surface area contributed by atoms with E-state index in [9.17, 15) is 9.59 Å². The standard InChI is InChI=1S/C16H12N2O4/c19-15(18-12-4-2-1-3-5-12)9-21-16(20)11-6-7-13-14(8-11)22-10-17-13/h1-8,10H,9H2,(H,18,19). The van der Waals surface area contributed by atoms with Gasteiger partial charge >= 0.3 is 5.97 Å². The highest BCUT2D eigenvalue weighted by atomic mass is 16.5. The predicted molar refractivity (Wildman–Crippen MR) is 79.4 cm³/mol. The maximum absolute atomic E-state index is 11.9. The number of carbonyl (C=O) groups excluding carboxylic acids is 2. The molecule has 0 aliphatic carbocycles. The highest BCUT2D eigenvalue weighted by molar-refractivity contribution is 5.96. The van der Waals surface area contributed by atoms with Crippen LogP contribution in [-0.4, -0.2) is 23.5 Å². The number of benzene rings is 2. The minimum absolute atomic E-state index is 0.303. The normalized spacial score (nSPS) is 10.4. The molecule has 0 unspecified atom stereocenters. The summed E-state index contributed by atoms with van der Waals surface area (Å²) >= 11 is 0. The minimum Gasteiger partial charge on any atom is -0.452 e. The van der Waals surface area contributed by atoms with E-state index in [4.69, 9.17) is 9.15 Å². The van der Waals surface area contributed by atoms with Crippen LogP contribution in [0.5, 0.6) is 0 Å². The lowest BCUT2D eigenvalue weighted by Gasteiger charge is -2.06. The number of hydrogen-bond acceptors (Lipinski definition) is 5. The Labute approximate surface area is 125 Å². The van der Waals surface area contributed by atoms with Gasteiger partial charge in [-0.15, -0.1) is 0 Å². The second kappa shape index (κ2) is 6.09. The van der Waals surface area contributed by atoms with Crippen LogP contribution in [0, 0.1) is 0 Å². The molecule has 0 saturated heterocycles. The van der Waals surface area contributed by atoms with Gasteiger partial charge in [-0.3, -0.25) is 4.79 Å². The van der Waals surface area contributed by atoms with Crippen LogP contribution < -0.4 is 5.32 Å². The van der Waals surface area contributed by atoms with Gasteiger partial charge in [-0.1, -0.05) is 18.2 Å². The zero-order valence-corrected chi connectivity index (χ0v) is 11.5. The Kier molecular flexibility index (Phi) is 3.82. The quantitative estimate of drug-likeness (QED) is 0.748. The van der Waals surface area contributed by atoms with Crippen molar-refractivity contribution in [1.29, 1.82) is 0 Å². The minimum atomic E-state index is -0.596. The van der Waals surface area contributed by atoms with Gasteiger partial charge in [-0.2, -0.15) is 0 Å². The van der Waals surface area contributed by atoms with Crippen molar-refractivity contribution in [3.8, 4) is 0 Å². The van der Waals surface area contributed by atoms with Gasteiger partial charge in [0.05, 0.1) is 5.56 Å². The van der Waals surface area contributed by atoms with E-state index >= 15 is 0 Å². The van der Waals surface area contributed by atoms with Crippen LogP contribution in [0.25, 0.3) is 11.1 Å². The molecule has 0 aliphatic heterocycles. The van der Waals surface area contributed by atoms with Crippen molar-refractivity contribution in [1.82, 2.24) is 4.98 Å². The number of rotatable bonds is 4. The number of fused-ring (bicyclic) bond motifs is 1. The molecule has 6 nitrogen and oxygen atoms in total. The van der Waals surface area contributed by atoms with Gasteiger partial charge in [0, 0.05) is 5.69 Å².